The molecule has 4 amide bonds. The minimum Gasteiger partial charge on any atom is -0.481 e. The van der Waals surface area contributed by atoms with Gasteiger partial charge in [-0.25, -0.2) is 19.6 Å². The maximum absolute atomic E-state index is 12.3. The van der Waals surface area contributed by atoms with Gasteiger partial charge in [-0.15, -0.1) is 0 Å². The van der Waals surface area contributed by atoms with E-state index in [1.165, 1.54) is 32.2 Å². The Morgan fingerprint density at radius 1 is 0.937 bits per heavy atom. The molecular formula is C38H52N10O14S. The summed E-state index contributed by atoms with van der Waals surface area (Å²) in [4.78, 5) is 103. The van der Waals surface area contributed by atoms with Crippen molar-refractivity contribution < 1.29 is 64.2 Å². The number of nitrogens with two attached hydrogens (primary N) is 1. The lowest BCUT2D eigenvalue weighted by Gasteiger charge is -2.26. The number of aliphatic hydroxyl groups is 2. The summed E-state index contributed by atoms with van der Waals surface area (Å²) < 4.78 is 0. The van der Waals surface area contributed by atoms with E-state index in [4.69, 9.17) is 31.3 Å². The number of amides is 4. The standard InChI is InChI=1S/C19H19N7O6.C10H16N2O3S.C9H17NO5/c20-19-25-15-14(17(30)26-19)23-11(8-22-15)7-21-10-3-1-9(2-4-10)16(29)24-12(18(31)32)5-6-13(27)28;13-8(14)4-2-1-3-7-9-6(5-16-7)11-10(15)12-9;1-9(2,5-11)7(14)8(15)10-4-3-6(12)13/h1-4,8,12,21H,5-7H2,(H,24,29)(H,27,28)(H,31,32)(H3,20,22,25,26,30);6-7,9H,1-5H2,(H,13,14)(H2,11,12,15);7,11,14H,3-5H2,1-2H3,(H,10,15)(H,12,13)/t;6-,7-,9-;/m.0./s1. The van der Waals surface area contributed by atoms with Crippen molar-refractivity contribution in [3.63, 3.8) is 0 Å². The molecule has 0 radical (unpaired) electrons. The van der Waals surface area contributed by atoms with Crippen molar-refractivity contribution in [2.75, 3.05) is 30.0 Å². The van der Waals surface area contributed by atoms with Crippen molar-refractivity contribution in [2.24, 2.45) is 5.41 Å². The zero-order valence-electron chi connectivity index (χ0n) is 34.3. The number of carbonyl (C=O) groups excluding carboxylic acids is 3. The first-order valence-corrected chi connectivity index (χ1v) is 20.5. The van der Waals surface area contributed by atoms with Crippen LogP contribution >= 0.6 is 11.8 Å². The van der Waals surface area contributed by atoms with Gasteiger partial charge in [-0.2, -0.15) is 16.7 Å². The number of fused-ring (bicyclic) bond motifs is 2. The van der Waals surface area contributed by atoms with Crippen LogP contribution in [-0.4, -0.2) is 141 Å². The minimum absolute atomic E-state index is 0.0350. The fraction of sp³-hybridized carbons (Fsp3) is 0.500. The number of hydrogen-bond donors (Lipinski definition) is 13. The number of nitrogen functional groups attached to an aromatic ring is 1. The lowest BCUT2D eigenvalue weighted by molar-refractivity contribution is -0.141. The molecule has 14 N–H and O–H groups in total. The first-order valence-electron chi connectivity index (χ1n) is 19.5. The van der Waals surface area contributed by atoms with E-state index in [0.29, 0.717) is 16.6 Å². The highest BCUT2D eigenvalue weighted by molar-refractivity contribution is 8.00. The number of unbranched alkanes of at least 4 members (excludes halogenated alkanes) is 1. The maximum Gasteiger partial charge on any atom is 0.326 e. The summed E-state index contributed by atoms with van der Waals surface area (Å²) in [7, 11) is 0. The molecular weight excluding hydrogens is 853 g/mol. The predicted octanol–water partition coefficient (Wildman–Crippen LogP) is -0.291. The van der Waals surface area contributed by atoms with E-state index in [9.17, 15) is 43.5 Å². The van der Waals surface area contributed by atoms with Gasteiger partial charge in [0.2, 0.25) is 11.9 Å². The number of aliphatic hydroxyl groups excluding tert-OH is 2. The van der Waals surface area contributed by atoms with Crippen LogP contribution in [0, 0.1) is 5.41 Å². The number of benzene rings is 1. The quantitative estimate of drug-likeness (QED) is 0.0511. The number of carboxylic acids is 4. The van der Waals surface area contributed by atoms with Crippen LogP contribution in [0.2, 0.25) is 0 Å². The molecule has 344 valence electrons. The average molecular weight is 905 g/mol. The Balaban J connectivity index is 0.000000284. The Morgan fingerprint density at radius 3 is 2.22 bits per heavy atom. The van der Waals surface area contributed by atoms with Gasteiger partial charge in [0, 0.05) is 47.1 Å². The number of aliphatic carboxylic acids is 4. The Morgan fingerprint density at radius 2 is 1.60 bits per heavy atom. The monoisotopic (exact) mass is 904 g/mol. The van der Waals surface area contributed by atoms with Crippen molar-refractivity contribution >= 4 is 76.3 Å². The second-order valence-corrected chi connectivity index (χ2v) is 16.2. The largest absolute Gasteiger partial charge is 0.481 e. The van der Waals surface area contributed by atoms with Gasteiger partial charge in [-0.1, -0.05) is 20.3 Å². The number of nitrogens with one attached hydrogen (secondary N) is 6. The van der Waals surface area contributed by atoms with E-state index < -0.39 is 58.8 Å². The highest BCUT2D eigenvalue weighted by Gasteiger charge is 2.42. The fourth-order valence-electron chi connectivity index (χ4n) is 5.85. The number of carboxylic acid groups (broad SMARTS) is 4. The van der Waals surface area contributed by atoms with Crippen LogP contribution in [0.25, 0.3) is 11.2 Å². The molecule has 5 rings (SSSR count). The number of aromatic nitrogens is 4. The van der Waals surface area contributed by atoms with Gasteiger partial charge in [0.15, 0.2) is 11.2 Å². The van der Waals surface area contributed by atoms with E-state index in [2.05, 4.69) is 46.5 Å². The molecule has 0 spiro atoms. The number of anilines is 2. The van der Waals surface area contributed by atoms with Gasteiger partial charge in [0.1, 0.15) is 12.1 Å². The zero-order valence-corrected chi connectivity index (χ0v) is 35.1. The average Bonchev–Trinajstić information content (AvgIpc) is 3.79. The van der Waals surface area contributed by atoms with Gasteiger partial charge in [-0.3, -0.25) is 33.8 Å². The number of carbonyl (C=O) groups is 7. The number of hydrogen-bond acceptors (Lipinski definition) is 16. The first-order chi connectivity index (χ1) is 29.7. The van der Waals surface area contributed by atoms with Crippen LogP contribution < -0.4 is 37.9 Å². The van der Waals surface area contributed by atoms with E-state index >= 15 is 0 Å². The number of rotatable bonds is 20. The molecule has 2 fully saturated rings. The van der Waals surface area contributed by atoms with Crippen LogP contribution in [0.4, 0.5) is 16.4 Å². The highest BCUT2D eigenvalue weighted by atomic mass is 32.2. The Labute approximate surface area is 363 Å². The minimum atomic E-state index is -1.35. The number of thioether (sulfide) groups is 1. The third-order valence-electron chi connectivity index (χ3n) is 9.46. The smallest absolute Gasteiger partial charge is 0.326 e. The molecule has 2 unspecified atom stereocenters. The molecule has 5 atom stereocenters. The van der Waals surface area contributed by atoms with E-state index in [0.717, 1.165) is 25.0 Å². The number of nitrogens with zero attached hydrogens (tertiary/aromatic N) is 3. The number of H-pyrrole nitrogens is 1. The Kier molecular flexibility index (Phi) is 19.5. The molecule has 3 aromatic rings. The normalized spacial score (nSPS) is 17.2. The zero-order chi connectivity index (χ0) is 46.9. The van der Waals surface area contributed by atoms with Crippen molar-refractivity contribution in [3.8, 4) is 0 Å². The van der Waals surface area contributed by atoms with Crippen molar-refractivity contribution in [2.45, 2.75) is 94.8 Å². The lowest BCUT2D eigenvalue weighted by atomic mass is 9.87. The SMILES string of the molecule is CC(C)(CO)C(O)C(=O)NCCC(=O)O.Nc1nc2ncc(CNc3ccc(C(=O)NC(CCC(=O)O)C(=O)O)cc3)nc2c(=O)[nH]1.O=C(O)CCCC[C@@H]1SC[C@@H]2NC(=O)N[C@@H]21. The van der Waals surface area contributed by atoms with Crippen LogP contribution in [-0.2, 0) is 30.5 Å². The summed E-state index contributed by atoms with van der Waals surface area (Å²) in [5.41, 5.74) is 5.53. The molecule has 0 bridgehead atoms. The van der Waals surface area contributed by atoms with E-state index in [-0.39, 0.29) is 86.2 Å². The topological polar surface area (TPSA) is 399 Å². The second kappa shape index (κ2) is 24.1. The molecule has 1 aromatic carbocycles. The third kappa shape index (κ3) is 16.7. The molecule has 2 saturated heterocycles. The molecule has 63 heavy (non-hydrogen) atoms. The molecule has 2 aliphatic heterocycles. The second-order valence-electron chi connectivity index (χ2n) is 15.0. The van der Waals surface area contributed by atoms with Crippen LogP contribution in [0.1, 0.15) is 74.8 Å². The van der Waals surface area contributed by atoms with Crippen LogP contribution in [0.3, 0.4) is 0 Å². The third-order valence-corrected chi connectivity index (χ3v) is 11.0. The Hall–Kier alpha value is -6.60. The van der Waals surface area contributed by atoms with Crippen LogP contribution in [0.5, 0.6) is 0 Å². The summed E-state index contributed by atoms with van der Waals surface area (Å²) in [5, 5.41) is 67.0. The predicted molar refractivity (Wildman–Crippen MR) is 226 cm³/mol. The van der Waals surface area contributed by atoms with Crippen LogP contribution in [0.15, 0.2) is 35.3 Å². The molecule has 2 aromatic heterocycles. The van der Waals surface area contributed by atoms with Gasteiger partial charge in [0.25, 0.3) is 11.5 Å². The van der Waals surface area contributed by atoms with E-state index in [1.807, 2.05) is 11.8 Å². The fourth-order valence-corrected chi connectivity index (χ4v) is 7.39. The molecule has 4 heterocycles. The summed E-state index contributed by atoms with van der Waals surface area (Å²) in [6.45, 7) is 2.94. The number of aromatic amines is 1. The maximum atomic E-state index is 12.3. The highest BCUT2D eigenvalue weighted by Crippen LogP contribution is 2.33. The molecule has 24 nitrogen and oxygen atoms in total. The van der Waals surface area contributed by atoms with Gasteiger partial charge in [-0.05, 0) is 43.5 Å². The van der Waals surface area contributed by atoms with Gasteiger partial charge in [0.05, 0.1) is 43.5 Å². The van der Waals surface area contributed by atoms with Crippen molar-refractivity contribution in [3.05, 3.63) is 52.1 Å². The van der Waals surface area contributed by atoms with Crippen molar-refractivity contribution in [1.82, 2.24) is 41.2 Å². The summed E-state index contributed by atoms with van der Waals surface area (Å²) in [6.07, 6.45) is 2.17. The summed E-state index contributed by atoms with van der Waals surface area (Å²) in [5.74, 6) is -4.61. The van der Waals surface area contributed by atoms with Crippen molar-refractivity contribution in [1.29, 1.82) is 0 Å². The van der Waals surface area contributed by atoms with E-state index in [1.54, 1.807) is 12.1 Å². The first kappa shape index (κ1) is 50.8. The molecule has 0 saturated carbocycles. The number of urea groups is 1. The summed E-state index contributed by atoms with van der Waals surface area (Å²) >= 11 is 1.87. The Bertz CT molecular complexity index is 2160. The molecule has 0 aliphatic carbocycles. The molecule has 2 aliphatic rings. The summed E-state index contributed by atoms with van der Waals surface area (Å²) in [6, 6.07) is 5.30. The lowest BCUT2D eigenvalue weighted by Crippen LogP contribution is -2.45. The van der Waals surface area contributed by atoms with Gasteiger partial charge < -0.3 is 63.0 Å². The van der Waals surface area contributed by atoms with Gasteiger partial charge >= 0.3 is 29.9 Å². The molecule has 25 heteroatoms.